The van der Waals surface area contributed by atoms with Gasteiger partial charge in [0.1, 0.15) is 5.54 Å². The van der Waals surface area contributed by atoms with Gasteiger partial charge in [-0.25, -0.2) is 4.79 Å². The van der Waals surface area contributed by atoms with E-state index in [9.17, 15) is 14.7 Å². The molecule has 4 heteroatoms. The minimum absolute atomic E-state index is 0.0869. The SMILES string of the molecule is CCN(C=O)C(C)(C(=O)O)C1CCCCC1. The average molecular weight is 227 g/mol. The van der Waals surface area contributed by atoms with Crippen LogP contribution in [0.3, 0.4) is 0 Å². The number of rotatable bonds is 5. The van der Waals surface area contributed by atoms with Gasteiger partial charge in [-0.2, -0.15) is 0 Å². The zero-order valence-corrected chi connectivity index (χ0v) is 10.1. The summed E-state index contributed by atoms with van der Waals surface area (Å²) in [6, 6.07) is 0. The van der Waals surface area contributed by atoms with Crippen LogP contribution >= 0.6 is 0 Å². The maximum Gasteiger partial charge on any atom is 0.329 e. The van der Waals surface area contributed by atoms with Crippen LogP contribution in [-0.4, -0.2) is 34.5 Å². The molecule has 0 spiro atoms. The van der Waals surface area contributed by atoms with Crippen LogP contribution in [0, 0.1) is 5.92 Å². The van der Waals surface area contributed by atoms with Gasteiger partial charge < -0.3 is 10.0 Å². The fourth-order valence-electron chi connectivity index (χ4n) is 2.71. The van der Waals surface area contributed by atoms with Crippen LogP contribution in [0.1, 0.15) is 46.0 Å². The molecule has 4 nitrogen and oxygen atoms in total. The molecule has 1 aliphatic carbocycles. The molecular weight excluding hydrogens is 206 g/mol. The summed E-state index contributed by atoms with van der Waals surface area (Å²) >= 11 is 0. The molecule has 1 unspecified atom stereocenters. The van der Waals surface area contributed by atoms with E-state index in [4.69, 9.17) is 0 Å². The van der Waals surface area contributed by atoms with E-state index in [2.05, 4.69) is 0 Å². The second-order valence-corrected chi connectivity index (χ2v) is 4.68. The summed E-state index contributed by atoms with van der Waals surface area (Å²) in [6.45, 7) is 3.95. The van der Waals surface area contributed by atoms with Gasteiger partial charge in [0, 0.05) is 6.54 Å². The third-order valence-corrected chi connectivity index (χ3v) is 3.90. The molecule has 92 valence electrons. The highest BCUT2D eigenvalue weighted by Gasteiger charge is 2.45. The predicted molar refractivity (Wildman–Crippen MR) is 61.1 cm³/mol. The van der Waals surface area contributed by atoms with Crippen molar-refractivity contribution in [1.29, 1.82) is 0 Å². The topological polar surface area (TPSA) is 57.6 Å². The van der Waals surface area contributed by atoms with Crippen molar-refractivity contribution in [1.82, 2.24) is 4.90 Å². The number of carboxylic acids is 1. The zero-order valence-electron chi connectivity index (χ0n) is 10.1. The molecule has 0 aliphatic heterocycles. The van der Waals surface area contributed by atoms with E-state index >= 15 is 0 Å². The standard InChI is InChI=1S/C12H21NO3/c1-3-13(9-14)12(2,11(15)16)10-7-5-4-6-8-10/h9-10H,3-8H2,1-2H3,(H,15,16). The minimum atomic E-state index is -1.03. The lowest BCUT2D eigenvalue weighted by Gasteiger charge is -2.42. The lowest BCUT2D eigenvalue weighted by atomic mass is 9.74. The highest BCUT2D eigenvalue weighted by molar-refractivity contribution is 5.81. The minimum Gasteiger partial charge on any atom is -0.479 e. The van der Waals surface area contributed by atoms with Gasteiger partial charge in [-0.3, -0.25) is 4.79 Å². The lowest BCUT2D eigenvalue weighted by molar-refractivity contribution is -0.159. The van der Waals surface area contributed by atoms with Gasteiger partial charge in [0.2, 0.25) is 6.41 Å². The van der Waals surface area contributed by atoms with Crippen molar-refractivity contribution >= 4 is 12.4 Å². The highest BCUT2D eigenvalue weighted by atomic mass is 16.4. The van der Waals surface area contributed by atoms with Crippen molar-refractivity contribution < 1.29 is 14.7 Å². The molecule has 16 heavy (non-hydrogen) atoms. The molecule has 0 radical (unpaired) electrons. The molecule has 1 fully saturated rings. The Labute approximate surface area is 96.6 Å². The Balaban J connectivity index is 2.93. The third-order valence-electron chi connectivity index (χ3n) is 3.90. The number of carbonyl (C=O) groups excluding carboxylic acids is 1. The van der Waals surface area contributed by atoms with E-state index in [0.717, 1.165) is 25.7 Å². The first-order valence-corrected chi connectivity index (χ1v) is 6.02. The van der Waals surface area contributed by atoms with Gasteiger partial charge in [0.15, 0.2) is 0 Å². The summed E-state index contributed by atoms with van der Waals surface area (Å²) in [5.74, 6) is -0.794. The second kappa shape index (κ2) is 5.32. The quantitative estimate of drug-likeness (QED) is 0.730. The Morgan fingerprint density at radius 3 is 2.38 bits per heavy atom. The molecular formula is C12H21NO3. The monoisotopic (exact) mass is 227 g/mol. The number of nitrogens with zero attached hydrogens (tertiary/aromatic N) is 1. The summed E-state index contributed by atoms with van der Waals surface area (Å²) in [6.07, 6.45) is 5.82. The summed E-state index contributed by atoms with van der Waals surface area (Å²) in [5, 5.41) is 9.42. The highest BCUT2D eigenvalue weighted by Crippen LogP contribution is 2.36. The fourth-order valence-corrected chi connectivity index (χ4v) is 2.71. The lowest BCUT2D eigenvalue weighted by Crippen LogP contribution is -2.57. The van der Waals surface area contributed by atoms with Gasteiger partial charge >= 0.3 is 5.97 Å². The van der Waals surface area contributed by atoms with E-state index in [1.807, 2.05) is 6.92 Å². The van der Waals surface area contributed by atoms with Crippen molar-refractivity contribution in [2.45, 2.75) is 51.5 Å². The average Bonchev–Trinajstić information content (AvgIpc) is 2.31. The Kier molecular flexibility index (Phi) is 4.33. The van der Waals surface area contributed by atoms with Crippen molar-refractivity contribution in [2.75, 3.05) is 6.54 Å². The third kappa shape index (κ3) is 2.20. The van der Waals surface area contributed by atoms with Gasteiger partial charge in [-0.15, -0.1) is 0 Å². The van der Waals surface area contributed by atoms with Crippen LogP contribution in [0.25, 0.3) is 0 Å². The van der Waals surface area contributed by atoms with Crippen molar-refractivity contribution in [3.8, 4) is 0 Å². The van der Waals surface area contributed by atoms with Crippen LogP contribution in [-0.2, 0) is 9.59 Å². The molecule has 1 saturated carbocycles. The van der Waals surface area contributed by atoms with E-state index < -0.39 is 11.5 Å². The molecule has 1 amide bonds. The summed E-state index contributed by atoms with van der Waals surface area (Å²) < 4.78 is 0. The van der Waals surface area contributed by atoms with Gasteiger partial charge in [0.25, 0.3) is 0 Å². The fraction of sp³-hybridized carbons (Fsp3) is 0.833. The maximum absolute atomic E-state index is 11.5. The molecule has 1 aliphatic rings. The van der Waals surface area contributed by atoms with Crippen LogP contribution < -0.4 is 0 Å². The molecule has 0 aromatic carbocycles. The van der Waals surface area contributed by atoms with Crippen LogP contribution in [0.2, 0.25) is 0 Å². The predicted octanol–water partition coefficient (Wildman–Crippen LogP) is 1.89. The van der Waals surface area contributed by atoms with Gasteiger partial charge in [0.05, 0.1) is 0 Å². The first-order chi connectivity index (χ1) is 7.57. The first-order valence-electron chi connectivity index (χ1n) is 6.02. The van der Waals surface area contributed by atoms with Gasteiger partial charge in [-0.1, -0.05) is 19.3 Å². The molecule has 1 N–H and O–H groups in total. The number of aliphatic carboxylic acids is 1. The van der Waals surface area contributed by atoms with E-state index in [1.165, 1.54) is 11.3 Å². The number of carboxylic acid groups (broad SMARTS) is 1. The maximum atomic E-state index is 11.5. The number of hydrogen-bond acceptors (Lipinski definition) is 2. The van der Waals surface area contributed by atoms with Gasteiger partial charge in [-0.05, 0) is 32.6 Å². The van der Waals surface area contributed by atoms with Crippen LogP contribution in [0.4, 0.5) is 0 Å². The summed E-state index contributed by atoms with van der Waals surface area (Å²) in [5.41, 5.74) is -1.03. The van der Waals surface area contributed by atoms with Crippen molar-refractivity contribution in [3.05, 3.63) is 0 Å². The van der Waals surface area contributed by atoms with E-state index in [-0.39, 0.29) is 5.92 Å². The molecule has 0 saturated heterocycles. The van der Waals surface area contributed by atoms with E-state index in [0.29, 0.717) is 13.0 Å². The van der Waals surface area contributed by atoms with Crippen molar-refractivity contribution in [2.24, 2.45) is 5.92 Å². The summed E-state index contributed by atoms with van der Waals surface area (Å²) in [7, 11) is 0. The largest absolute Gasteiger partial charge is 0.479 e. The van der Waals surface area contributed by atoms with Crippen LogP contribution in [0.5, 0.6) is 0 Å². The number of carbonyl (C=O) groups is 2. The number of amides is 1. The normalized spacial score (nSPS) is 21.1. The molecule has 1 atom stereocenters. The Morgan fingerprint density at radius 1 is 1.44 bits per heavy atom. The molecule has 1 rings (SSSR count). The van der Waals surface area contributed by atoms with E-state index in [1.54, 1.807) is 6.92 Å². The molecule has 0 bridgehead atoms. The Hall–Kier alpha value is -1.06. The Bertz CT molecular complexity index is 261. The molecule has 0 heterocycles. The second-order valence-electron chi connectivity index (χ2n) is 4.68. The zero-order chi connectivity index (χ0) is 12.2. The Morgan fingerprint density at radius 2 is 2.00 bits per heavy atom. The first kappa shape index (κ1) is 13.0. The molecule has 0 aromatic rings. The molecule has 0 aromatic heterocycles. The van der Waals surface area contributed by atoms with Crippen molar-refractivity contribution in [3.63, 3.8) is 0 Å². The van der Waals surface area contributed by atoms with Crippen LogP contribution in [0.15, 0.2) is 0 Å². The smallest absolute Gasteiger partial charge is 0.329 e. The number of hydrogen-bond donors (Lipinski definition) is 1. The summed E-state index contributed by atoms with van der Waals surface area (Å²) in [4.78, 5) is 23.9. The number of likely N-dealkylation sites (N-methyl/N-ethyl adjacent to an activating group) is 1.